The smallest absolute Gasteiger partial charge is 0.244 e. The van der Waals surface area contributed by atoms with Gasteiger partial charge in [-0.05, 0) is 62.6 Å². The third-order valence-electron chi connectivity index (χ3n) is 5.46. The summed E-state index contributed by atoms with van der Waals surface area (Å²) in [6.45, 7) is 7.24. The standard InChI is InChI=1S/C25H35N3O5S/c1-7-23(25(30)26-18(2)3)27(16-20-11-9-8-10-19(20)4)24(29)17-28(34(6,31)32)21-12-14-22(33-5)15-13-21/h8-15,18,23H,7,16-17H2,1-6H3,(H,26,30)/t23-/m0/s1. The van der Waals surface area contributed by atoms with Gasteiger partial charge in [0.15, 0.2) is 0 Å². The van der Waals surface area contributed by atoms with Crippen LogP contribution in [0.4, 0.5) is 5.69 Å². The van der Waals surface area contributed by atoms with E-state index in [4.69, 9.17) is 4.74 Å². The first kappa shape index (κ1) is 27.2. The van der Waals surface area contributed by atoms with Gasteiger partial charge in [-0.25, -0.2) is 8.42 Å². The van der Waals surface area contributed by atoms with E-state index in [1.165, 1.54) is 12.0 Å². The zero-order chi connectivity index (χ0) is 25.5. The Morgan fingerprint density at radius 1 is 1.06 bits per heavy atom. The molecule has 0 aromatic heterocycles. The molecule has 0 fully saturated rings. The Balaban J connectivity index is 2.44. The van der Waals surface area contributed by atoms with Crippen molar-refractivity contribution in [2.75, 3.05) is 24.2 Å². The van der Waals surface area contributed by atoms with Crippen LogP contribution in [0.2, 0.25) is 0 Å². The van der Waals surface area contributed by atoms with Crippen LogP contribution in [0.15, 0.2) is 48.5 Å². The maximum atomic E-state index is 13.6. The lowest BCUT2D eigenvalue weighted by atomic mass is 10.1. The number of nitrogens with zero attached hydrogens (tertiary/aromatic N) is 2. The fraction of sp³-hybridized carbons (Fsp3) is 0.440. The topological polar surface area (TPSA) is 96.0 Å². The van der Waals surface area contributed by atoms with Gasteiger partial charge in [-0.2, -0.15) is 0 Å². The Kier molecular flexibility index (Phi) is 9.49. The van der Waals surface area contributed by atoms with E-state index in [0.29, 0.717) is 17.9 Å². The molecule has 186 valence electrons. The maximum Gasteiger partial charge on any atom is 0.244 e. The Morgan fingerprint density at radius 2 is 1.68 bits per heavy atom. The molecular formula is C25H35N3O5S. The summed E-state index contributed by atoms with van der Waals surface area (Å²) in [6.07, 6.45) is 1.44. The number of hydrogen-bond acceptors (Lipinski definition) is 5. The largest absolute Gasteiger partial charge is 0.497 e. The fourth-order valence-electron chi connectivity index (χ4n) is 3.63. The first-order valence-electron chi connectivity index (χ1n) is 11.2. The van der Waals surface area contributed by atoms with Crippen molar-refractivity contribution >= 4 is 27.5 Å². The average molecular weight is 490 g/mol. The predicted octanol–water partition coefficient (Wildman–Crippen LogP) is 3.10. The van der Waals surface area contributed by atoms with Crippen LogP contribution in [-0.2, 0) is 26.2 Å². The lowest BCUT2D eigenvalue weighted by molar-refractivity contribution is -0.140. The number of nitrogens with one attached hydrogen (secondary N) is 1. The van der Waals surface area contributed by atoms with Crippen LogP contribution in [0.25, 0.3) is 0 Å². The van der Waals surface area contributed by atoms with Gasteiger partial charge in [0.25, 0.3) is 0 Å². The Bertz CT molecular complexity index is 1080. The van der Waals surface area contributed by atoms with Crippen molar-refractivity contribution in [2.24, 2.45) is 0 Å². The zero-order valence-electron chi connectivity index (χ0n) is 20.7. The highest BCUT2D eigenvalue weighted by atomic mass is 32.2. The number of benzene rings is 2. The number of hydrogen-bond donors (Lipinski definition) is 1. The van der Waals surface area contributed by atoms with Crippen molar-refractivity contribution in [3.63, 3.8) is 0 Å². The van der Waals surface area contributed by atoms with Gasteiger partial charge in [0.05, 0.1) is 19.1 Å². The summed E-state index contributed by atoms with van der Waals surface area (Å²) < 4.78 is 31.4. The number of carbonyl (C=O) groups is 2. The Morgan fingerprint density at radius 3 is 2.18 bits per heavy atom. The number of carbonyl (C=O) groups excluding carboxylic acids is 2. The molecule has 2 aromatic rings. The van der Waals surface area contributed by atoms with Crippen molar-refractivity contribution in [2.45, 2.75) is 52.7 Å². The summed E-state index contributed by atoms with van der Waals surface area (Å²) in [5.41, 5.74) is 2.21. The number of methoxy groups -OCH3 is 1. The molecule has 0 aliphatic heterocycles. The SMILES string of the molecule is CC[C@@H](C(=O)NC(C)C)N(Cc1ccccc1C)C(=O)CN(c1ccc(OC)cc1)S(C)(=O)=O. The lowest BCUT2D eigenvalue weighted by Gasteiger charge is -2.33. The highest BCUT2D eigenvalue weighted by molar-refractivity contribution is 7.92. The van der Waals surface area contributed by atoms with E-state index in [1.807, 2.05) is 52.0 Å². The van der Waals surface area contributed by atoms with E-state index >= 15 is 0 Å². The van der Waals surface area contributed by atoms with Gasteiger partial charge < -0.3 is 15.0 Å². The number of aryl methyl sites for hydroxylation is 1. The van der Waals surface area contributed by atoms with E-state index < -0.39 is 28.5 Å². The van der Waals surface area contributed by atoms with Gasteiger partial charge in [-0.15, -0.1) is 0 Å². The maximum absolute atomic E-state index is 13.6. The van der Waals surface area contributed by atoms with Crippen LogP contribution in [-0.4, -0.2) is 57.1 Å². The van der Waals surface area contributed by atoms with Crippen LogP contribution < -0.4 is 14.4 Å². The minimum atomic E-state index is -3.77. The molecule has 0 bridgehead atoms. The second-order valence-corrected chi connectivity index (χ2v) is 10.4. The summed E-state index contributed by atoms with van der Waals surface area (Å²) in [4.78, 5) is 28.1. The molecule has 0 aliphatic rings. The number of amides is 2. The van der Waals surface area contributed by atoms with Crippen molar-refractivity contribution < 1.29 is 22.7 Å². The van der Waals surface area contributed by atoms with Crippen LogP contribution >= 0.6 is 0 Å². The quantitative estimate of drug-likeness (QED) is 0.523. The number of anilines is 1. The zero-order valence-corrected chi connectivity index (χ0v) is 21.6. The molecule has 1 N–H and O–H groups in total. The second kappa shape index (κ2) is 11.9. The lowest BCUT2D eigenvalue weighted by Crippen LogP contribution is -2.53. The highest BCUT2D eigenvalue weighted by Crippen LogP contribution is 2.23. The summed E-state index contributed by atoms with van der Waals surface area (Å²) in [7, 11) is -2.26. The van der Waals surface area contributed by atoms with Crippen molar-refractivity contribution in [1.82, 2.24) is 10.2 Å². The van der Waals surface area contributed by atoms with Crippen molar-refractivity contribution in [3.05, 3.63) is 59.7 Å². The molecule has 9 heteroatoms. The van der Waals surface area contributed by atoms with Crippen molar-refractivity contribution in [1.29, 1.82) is 0 Å². The fourth-order valence-corrected chi connectivity index (χ4v) is 4.48. The molecule has 0 radical (unpaired) electrons. The molecule has 8 nitrogen and oxygen atoms in total. The minimum absolute atomic E-state index is 0.0937. The molecule has 0 unspecified atom stereocenters. The molecule has 2 rings (SSSR count). The summed E-state index contributed by atoms with van der Waals surface area (Å²) in [5, 5.41) is 2.88. The molecule has 0 saturated carbocycles. The van der Waals surface area contributed by atoms with Crippen LogP contribution in [0.3, 0.4) is 0 Å². The first-order chi connectivity index (χ1) is 16.0. The molecule has 2 amide bonds. The summed E-state index contributed by atoms with van der Waals surface area (Å²) >= 11 is 0. The van der Waals surface area contributed by atoms with Gasteiger partial charge in [-0.3, -0.25) is 13.9 Å². The molecule has 1 atom stereocenters. The molecule has 2 aromatic carbocycles. The van der Waals surface area contributed by atoms with E-state index in [1.54, 1.807) is 24.3 Å². The molecule has 0 aliphatic carbocycles. The third-order valence-corrected chi connectivity index (χ3v) is 6.60. The summed E-state index contributed by atoms with van der Waals surface area (Å²) in [5.74, 6) is -0.161. The normalized spacial score (nSPS) is 12.2. The second-order valence-electron chi connectivity index (χ2n) is 8.50. The Hall–Kier alpha value is -3.07. The van der Waals surface area contributed by atoms with E-state index in [9.17, 15) is 18.0 Å². The molecule has 0 saturated heterocycles. The van der Waals surface area contributed by atoms with Crippen molar-refractivity contribution in [3.8, 4) is 5.75 Å². The number of sulfonamides is 1. The van der Waals surface area contributed by atoms with Gasteiger partial charge in [0.2, 0.25) is 21.8 Å². The Labute approximate surface area is 202 Å². The summed E-state index contributed by atoms with van der Waals surface area (Å²) in [6, 6.07) is 13.2. The van der Waals surface area contributed by atoms with E-state index in [0.717, 1.165) is 21.7 Å². The molecule has 0 heterocycles. The first-order valence-corrected chi connectivity index (χ1v) is 13.1. The monoisotopic (exact) mass is 489 g/mol. The van der Waals surface area contributed by atoms with E-state index in [2.05, 4.69) is 5.32 Å². The van der Waals surface area contributed by atoms with E-state index in [-0.39, 0.29) is 18.5 Å². The number of ether oxygens (including phenoxy) is 1. The van der Waals surface area contributed by atoms with Gasteiger partial charge in [0, 0.05) is 12.6 Å². The highest BCUT2D eigenvalue weighted by Gasteiger charge is 2.32. The molecule has 0 spiro atoms. The predicted molar refractivity (Wildman–Crippen MR) is 134 cm³/mol. The average Bonchev–Trinajstić information content (AvgIpc) is 2.77. The molecule has 34 heavy (non-hydrogen) atoms. The minimum Gasteiger partial charge on any atom is -0.497 e. The third kappa shape index (κ3) is 7.21. The van der Waals surface area contributed by atoms with Gasteiger partial charge in [0.1, 0.15) is 18.3 Å². The van der Waals surface area contributed by atoms with Crippen LogP contribution in [0, 0.1) is 6.92 Å². The van der Waals surface area contributed by atoms with Gasteiger partial charge >= 0.3 is 0 Å². The van der Waals surface area contributed by atoms with Crippen LogP contribution in [0.1, 0.15) is 38.3 Å². The molecular weight excluding hydrogens is 454 g/mol. The van der Waals surface area contributed by atoms with Gasteiger partial charge in [-0.1, -0.05) is 31.2 Å². The number of rotatable bonds is 11. The van der Waals surface area contributed by atoms with Crippen LogP contribution in [0.5, 0.6) is 5.75 Å².